The van der Waals surface area contributed by atoms with Gasteiger partial charge in [-0.15, -0.1) is 11.6 Å². The molecular formula is C11H13Cl2N3O2. The van der Waals surface area contributed by atoms with Crippen LogP contribution in [0.15, 0.2) is 18.2 Å². The van der Waals surface area contributed by atoms with Crippen molar-refractivity contribution in [1.82, 2.24) is 5.32 Å². The van der Waals surface area contributed by atoms with Gasteiger partial charge in [-0.1, -0.05) is 11.6 Å². The number of benzene rings is 1. The number of hydrogen-bond donors (Lipinski definition) is 3. The lowest BCUT2D eigenvalue weighted by Gasteiger charge is -2.07. The van der Waals surface area contributed by atoms with Gasteiger partial charge >= 0.3 is 11.8 Å². The molecule has 0 aromatic heterocycles. The van der Waals surface area contributed by atoms with E-state index in [1.165, 1.54) is 12.1 Å². The molecule has 0 unspecified atom stereocenters. The van der Waals surface area contributed by atoms with Crippen molar-refractivity contribution in [2.75, 3.05) is 23.5 Å². The van der Waals surface area contributed by atoms with Crippen LogP contribution in [0.4, 0.5) is 11.4 Å². The molecule has 0 saturated carbocycles. The van der Waals surface area contributed by atoms with E-state index in [0.29, 0.717) is 30.2 Å². The number of alkyl halides is 1. The molecule has 0 radical (unpaired) electrons. The average molecular weight is 290 g/mol. The smallest absolute Gasteiger partial charge is 0.313 e. The van der Waals surface area contributed by atoms with E-state index in [9.17, 15) is 9.59 Å². The van der Waals surface area contributed by atoms with E-state index in [1.54, 1.807) is 6.07 Å². The van der Waals surface area contributed by atoms with Crippen LogP contribution in [0.5, 0.6) is 0 Å². The summed E-state index contributed by atoms with van der Waals surface area (Å²) in [5, 5.41) is 5.10. The van der Waals surface area contributed by atoms with Gasteiger partial charge in [-0.05, 0) is 24.6 Å². The van der Waals surface area contributed by atoms with Crippen LogP contribution in [-0.4, -0.2) is 24.2 Å². The van der Waals surface area contributed by atoms with Crippen LogP contribution < -0.4 is 16.4 Å². The molecule has 0 heterocycles. The second kappa shape index (κ2) is 7.08. The van der Waals surface area contributed by atoms with Gasteiger partial charge in [-0.3, -0.25) is 9.59 Å². The molecule has 7 heteroatoms. The van der Waals surface area contributed by atoms with Gasteiger partial charge in [0.05, 0.1) is 10.7 Å². The Hall–Kier alpha value is -1.46. The van der Waals surface area contributed by atoms with E-state index in [1.807, 2.05) is 0 Å². The standard InChI is InChI=1S/C11H13Cl2N3O2/c12-4-1-5-15-10(17)11(18)16-9-3-2-7(14)6-8(9)13/h2-3,6H,1,4-5,14H2,(H,15,17)(H,16,18). The number of halogens is 2. The fourth-order valence-electron chi connectivity index (χ4n) is 1.16. The normalized spacial score (nSPS) is 9.89. The predicted octanol–water partition coefficient (Wildman–Crippen LogP) is 1.61. The van der Waals surface area contributed by atoms with E-state index in [-0.39, 0.29) is 5.02 Å². The zero-order valence-electron chi connectivity index (χ0n) is 9.50. The number of nitrogens with one attached hydrogen (secondary N) is 2. The average Bonchev–Trinajstić information content (AvgIpc) is 2.32. The van der Waals surface area contributed by atoms with Crippen LogP contribution in [0.2, 0.25) is 5.02 Å². The first-order valence-electron chi connectivity index (χ1n) is 5.24. The Morgan fingerprint density at radius 1 is 1.28 bits per heavy atom. The van der Waals surface area contributed by atoms with Gasteiger partial charge in [0, 0.05) is 18.1 Å². The number of rotatable bonds is 4. The van der Waals surface area contributed by atoms with Gasteiger partial charge < -0.3 is 16.4 Å². The van der Waals surface area contributed by atoms with Crippen LogP contribution in [0.25, 0.3) is 0 Å². The summed E-state index contributed by atoms with van der Waals surface area (Å²) in [5.74, 6) is -1.09. The van der Waals surface area contributed by atoms with Crippen molar-refractivity contribution in [3.63, 3.8) is 0 Å². The summed E-state index contributed by atoms with van der Waals surface area (Å²) in [6.45, 7) is 0.352. The summed E-state index contributed by atoms with van der Waals surface area (Å²) in [7, 11) is 0. The lowest BCUT2D eigenvalue weighted by atomic mass is 10.3. The molecule has 98 valence electrons. The molecule has 4 N–H and O–H groups in total. The van der Waals surface area contributed by atoms with Crippen molar-refractivity contribution in [3.8, 4) is 0 Å². The molecule has 0 aliphatic carbocycles. The molecule has 0 atom stereocenters. The van der Waals surface area contributed by atoms with Crippen LogP contribution >= 0.6 is 23.2 Å². The summed E-state index contributed by atoms with van der Waals surface area (Å²) >= 11 is 11.3. The highest BCUT2D eigenvalue weighted by molar-refractivity contribution is 6.41. The van der Waals surface area contributed by atoms with Crippen LogP contribution in [-0.2, 0) is 9.59 Å². The topological polar surface area (TPSA) is 84.2 Å². The van der Waals surface area contributed by atoms with Crippen LogP contribution in [0, 0.1) is 0 Å². The number of nitrogen functional groups attached to an aromatic ring is 1. The van der Waals surface area contributed by atoms with Crippen LogP contribution in [0.1, 0.15) is 6.42 Å². The lowest BCUT2D eigenvalue weighted by molar-refractivity contribution is -0.136. The molecule has 0 aliphatic rings. The van der Waals surface area contributed by atoms with Gasteiger partial charge in [0.25, 0.3) is 0 Å². The number of anilines is 2. The molecular weight excluding hydrogens is 277 g/mol. The maximum atomic E-state index is 11.5. The molecule has 18 heavy (non-hydrogen) atoms. The van der Waals surface area contributed by atoms with Crippen molar-refractivity contribution < 1.29 is 9.59 Å². The minimum Gasteiger partial charge on any atom is -0.399 e. The first kappa shape index (κ1) is 14.6. The fraction of sp³-hybridized carbons (Fsp3) is 0.273. The largest absolute Gasteiger partial charge is 0.399 e. The summed E-state index contributed by atoms with van der Waals surface area (Å²) in [5.41, 5.74) is 6.32. The van der Waals surface area contributed by atoms with Crippen molar-refractivity contribution in [2.24, 2.45) is 0 Å². The van der Waals surface area contributed by atoms with Gasteiger partial charge in [0.1, 0.15) is 0 Å². The monoisotopic (exact) mass is 289 g/mol. The Labute approximate surface area is 115 Å². The molecule has 0 bridgehead atoms. The van der Waals surface area contributed by atoms with E-state index in [0.717, 1.165) is 0 Å². The third kappa shape index (κ3) is 4.43. The minimum absolute atomic E-state index is 0.275. The number of nitrogens with two attached hydrogens (primary N) is 1. The molecule has 5 nitrogen and oxygen atoms in total. The Morgan fingerprint density at radius 3 is 2.61 bits per heavy atom. The van der Waals surface area contributed by atoms with Crippen molar-refractivity contribution in [3.05, 3.63) is 23.2 Å². The highest BCUT2D eigenvalue weighted by Crippen LogP contribution is 2.23. The number of carbonyl (C=O) groups is 2. The molecule has 0 spiro atoms. The Kier molecular flexibility index (Phi) is 5.74. The maximum Gasteiger partial charge on any atom is 0.313 e. The highest BCUT2D eigenvalue weighted by Gasteiger charge is 2.14. The number of hydrogen-bond acceptors (Lipinski definition) is 3. The molecule has 0 saturated heterocycles. The van der Waals surface area contributed by atoms with E-state index < -0.39 is 11.8 Å². The SMILES string of the molecule is Nc1ccc(NC(=O)C(=O)NCCCCl)c(Cl)c1. The fourth-order valence-corrected chi connectivity index (χ4v) is 1.53. The van der Waals surface area contributed by atoms with Crippen molar-refractivity contribution in [2.45, 2.75) is 6.42 Å². The molecule has 0 aliphatic heterocycles. The Bertz CT molecular complexity index is 452. The van der Waals surface area contributed by atoms with Gasteiger partial charge in [-0.25, -0.2) is 0 Å². The molecule has 2 amide bonds. The second-order valence-corrected chi connectivity index (χ2v) is 4.28. The molecule has 1 aromatic rings. The van der Waals surface area contributed by atoms with E-state index in [4.69, 9.17) is 28.9 Å². The number of amides is 2. The Morgan fingerprint density at radius 2 is 2.00 bits per heavy atom. The third-order valence-electron chi connectivity index (χ3n) is 2.04. The first-order valence-corrected chi connectivity index (χ1v) is 6.16. The van der Waals surface area contributed by atoms with Crippen molar-refractivity contribution >= 4 is 46.4 Å². The molecule has 1 aromatic carbocycles. The highest BCUT2D eigenvalue weighted by atomic mass is 35.5. The predicted molar refractivity (Wildman–Crippen MR) is 72.8 cm³/mol. The number of carbonyl (C=O) groups excluding carboxylic acids is 2. The first-order chi connectivity index (χ1) is 8.54. The third-order valence-corrected chi connectivity index (χ3v) is 2.62. The zero-order valence-corrected chi connectivity index (χ0v) is 11.0. The van der Waals surface area contributed by atoms with Gasteiger partial charge in [0.15, 0.2) is 0 Å². The van der Waals surface area contributed by atoms with Gasteiger partial charge in [0.2, 0.25) is 0 Å². The molecule has 1 rings (SSSR count). The summed E-state index contributed by atoms with van der Waals surface area (Å²) < 4.78 is 0. The summed E-state index contributed by atoms with van der Waals surface area (Å²) in [4.78, 5) is 22.9. The van der Waals surface area contributed by atoms with Crippen LogP contribution in [0.3, 0.4) is 0 Å². The Balaban J connectivity index is 2.56. The lowest BCUT2D eigenvalue weighted by Crippen LogP contribution is -2.36. The minimum atomic E-state index is -0.781. The van der Waals surface area contributed by atoms with E-state index >= 15 is 0 Å². The molecule has 0 fully saturated rings. The van der Waals surface area contributed by atoms with Crippen molar-refractivity contribution in [1.29, 1.82) is 0 Å². The zero-order chi connectivity index (χ0) is 13.5. The van der Waals surface area contributed by atoms with Gasteiger partial charge in [-0.2, -0.15) is 0 Å². The maximum absolute atomic E-state index is 11.5. The second-order valence-electron chi connectivity index (χ2n) is 3.49. The van der Waals surface area contributed by atoms with E-state index in [2.05, 4.69) is 10.6 Å². The quantitative estimate of drug-likeness (QED) is 0.341. The summed E-state index contributed by atoms with van der Waals surface area (Å²) in [6, 6.07) is 4.59. The summed E-state index contributed by atoms with van der Waals surface area (Å²) in [6.07, 6.45) is 0.600.